The second kappa shape index (κ2) is 9.50. The molecule has 0 aliphatic rings. The fraction of sp³-hybridized carbons (Fsp3) is 0.174. The molecule has 3 aromatic rings. The third kappa shape index (κ3) is 5.42. The van der Waals surface area contributed by atoms with Gasteiger partial charge in [0.25, 0.3) is 5.91 Å². The second-order valence-corrected chi connectivity index (χ2v) is 6.62. The van der Waals surface area contributed by atoms with Crippen LogP contribution in [0.2, 0.25) is 0 Å². The Kier molecular flexibility index (Phi) is 6.58. The topological polar surface area (TPSA) is 79.8 Å². The molecule has 6 nitrogen and oxygen atoms in total. The van der Waals surface area contributed by atoms with E-state index in [1.807, 2.05) is 60.7 Å². The van der Waals surface area contributed by atoms with Crippen molar-refractivity contribution >= 4 is 28.3 Å². The van der Waals surface area contributed by atoms with Crippen molar-refractivity contribution in [3.05, 3.63) is 77.9 Å². The van der Waals surface area contributed by atoms with Gasteiger partial charge in [0, 0.05) is 17.8 Å². The number of hydrogen-bond acceptors (Lipinski definition) is 4. The number of nitrogens with one attached hydrogen (secondary N) is 2. The molecule has 0 unspecified atom stereocenters. The highest BCUT2D eigenvalue weighted by atomic mass is 16.5. The van der Waals surface area contributed by atoms with Crippen LogP contribution in [0.4, 0.5) is 0 Å². The van der Waals surface area contributed by atoms with Crippen molar-refractivity contribution in [2.24, 2.45) is 5.10 Å². The standard InChI is InChI=1S/C23H23N3O3/c1-16(14-22(27)24-15-17-10-12-19(29-2)13-11-17)25-26-23(28)21-9-5-7-18-6-3-4-8-20(18)21/h3-13H,14-15H2,1-2H3,(H,24,27)(H,26,28). The third-order valence-electron chi connectivity index (χ3n) is 4.45. The van der Waals surface area contributed by atoms with Crippen molar-refractivity contribution in [3.8, 4) is 5.75 Å². The van der Waals surface area contributed by atoms with E-state index in [0.717, 1.165) is 22.1 Å². The number of carbonyl (C=O) groups is 2. The lowest BCUT2D eigenvalue weighted by Gasteiger charge is -2.07. The summed E-state index contributed by atoms with van der Waals surface area (Å²) in [5, 5.41) is 8.75. The molecule has 2 amide bonds. The molecule has 2 N–H and O–H groups in total. The maximum atomic E-state index is 12.5. The van der Waals surface area contributed by atoms with Crippen LogP contribution in [-0.2, 0) is 11.3 Å². The number of ether oxygens (including phenoxy) is 1. The summed E-state index contributed by atoms with van der Waals surface area (Å²) in [6.07, 6.45) is 0.103. The molecule has 0 aromatic heterocycles. The number of nitrogens with zero attached hydrogens (tertiary/aromatic N) is 1. The van der Waals surface area contributed by atoms with Gasteiger partial charge in [0.05, 0.1) is 13.5 Å². The molecule has 0 aliphatic heterocycles. The van der Waals surface area contributed by atoms with E-state index < -0.39 is 0 Å². The number of hydrazone groups is 1. The van der Waals surface area contributed by atoms with Crippen molar-refractivity contribution in [1.82, 2.24) is 10.7 Å². The lowest BCUT2D eigenvalue weighted by atomic mass is 10.0. The van der Waals surface area contributed by atoms with Gasteiger partial charge in [-0.15, -0.1) is 0 Å². The highest BCUT2D eigenvalue weighted by molar-refractivity contribution is 6.07. The van der Waals surface area contributed by atoms with E-state index in [-0.39, 0.29) is 18.2 Å². The van der Waals surface area contributed by atoms with Crippen LogP contribution in [0.15, 0.2) is 71.8 Å². The minimum absolute atomic E-state index is 0.103. The zero-order valence-corrected chi connectivity index (χ0v) is 16.4. The predicted molar refractivity (Wildman–Crippen MR) is 114 cm³/mol. The minimum atomic E-state index is -0.306. The summed E-state index contributed by atoms with van der Waals surface area (Å²) in [4.78, 5) is 24.6. The van der Waals surface area contributed by atoms with Crippen molar-refractivity contribution in [1.29, 1.82) is 0 Å². The fourth-order valence-corrected chi connectivity index (χ4v) is 2.91. The first-order valence-corrected chi connectivity index (χ1v) is 9.27. The van der Waals surface area contributed by atoms with E-state index in [9.17, 15) is 9.59 Å². The highest BCUT2D eigenvalue weighted by Crippen LogP contribution is 2.18. The normalized spacial score (nSPS) is 11.2. The summed E-state index contributed by atoms with van der Waals surface area (Å²) in [5.41, 5.74) is 4.57. The van der Waals surface area contributed by atoms with Crippen LogP contribution >= 0.6 is 0 Å². The van der Waals surface area contributed by atoms with E-state index in [0.29, 0.717) is 17.8 Å². The van der Waals surface area contributed by atoms with Crippen LogP contribution < -0.4 is 15.5 Å². The summed E-state index contributed by atoms with van der Waals surface area (Å²) in [6, 6.07) is 20.7. The molecule has 3 rings (SSSR count). The molecule has 0 bridgehead atoms. The Morgan fingerprint density at radius 1 is 0.966 bits per heavy atom. The van der Waals surface area contributed by atoms with Crippen molar-refractivity contribution in [2.45, 2.75) is 19.9 Å². The molecule has 148 valence electrons. The largest absolute Gasteiger partial charge is 0.497 e. The van der Waals surface area contributed by atoms with Crippen LogP contribution in [0.3, 0.4) is 0 Å². The van der Waals surface area contributed by atoms with Crippen LogP contribution in [0.25, 0.3) is 10.8 Å². The molecular formula is C23H23N3O3. The Balaban J connectivity index is 1.53. The molecule has 0 spiro atoms. The lowest BCUT2D eigenvalue weighted by Crippen LogP contribution is -2.26. The average molecular weight is 389 g/mol. The molecule has 0 atom stereocenters. The highest BCUT2D eigenvalue weighted by Gasteiger charge is 2.10. The number of amides is 2. The van der Waals surface area contributed by atoms with Crippen molar-refractivity contribution in [2.75, 3.05) is 7.11 Å². The van der Waals surface area contributed by atoms with Gasteiger partial charge in [0.2, 0.25) is 5.91 Å². The first-order valence-electron chi connectivity index (χ1n) is 9.27. The average Bonchev–Trinajstić information content (AvgIpc) is 2.76. The van der Waals surface area contributed by atoms with Gasteiger partial charge in [-0.3, -0.25) is 9.59 Å². The first-order chi connectivity index (χ1) is 14.1. The summed E-state index contributed by atoms with van der Waals surface area (Å²) in [5.74, 6) is 0.297. The molecule has 0 saturated heterocycles. The van der Waals surface area contributed by atoms with Gasteiger partial charge in [-0.1, -0.05) is 48.5 Å². The molecule has 6 heteroatoms. The number of benzene rings is 3. The van der Waals surface area contributed by atoms with E-state index in [1.165, 1.54) is 0 Å². The first kappa shape index (κ1) is 20.1. The number of methoxy groups -OCH3 is 1. The fourth-order valence-electron chi connectivity index (χ4n) is 2.91. The van der Waals surface area contributed by atoms with Crippen LogP contribution in [0.5, 0.6) is 5.75 Å². The SMILES string of the molecule is COc1ccc(CNC(=O)CC(C)=NNC(=O)c2cccc3ccccc23)cc1. The number of hydrogen-bond donors (Lipinski definition) is 2. The smallest absolute Gasteiger partial charge is 0.271 e. The maximum absolute atomic E-state index is 12.5. The van der Waals surface area contributed by atoms with Crippen LogP contribution in [0.1, 0.15) is 29.3 Å². The van der Waals surface area contributed by atoms with Gasteiger partial charge in [0.15, 0.2) is 0 Å². The molecule has 0 aliphatic carbocycles. The molecule has 3 aromatic carbocycles. The lowest BCUT2D eigenvalue weighted by molar-refractivity contribution is -0.120. The molecular weight excluding hydrogens is 366 g/mol. The Hall–Kier alpha value is -3.67. The monoisotopic (exact) mass is 389 g/mol. The van der Waals surface area contributed by atoms with Gasteiger partial charge in [-0.05, 0) is 41.5 Å². The Morgan fingerprint density at radius 2 is 1.69 bits per heavy atom. The molecule has 29 heavy (non-hydrogen) atoms. The van der Waals surface area contributed by atoms with E-state index >= 15 is 0 Å². The Morgan fingerprint density at radius 3 is 2.45 bits per heavy atom. The van der Waals surface area contributed by atoms with E-state index in [4.69, 9.17) is 4.74 Å². The van der Waals surface area contributed by atoms with E-state index in [2.05, 4.69) is 15.8 Å². The van der Waals surface area contributed by atoms with Crippen LogP contribution in [0, 0.1) is 0 Å². The number of carbonyl (C=O) groups excluding carboxylic acids is 2. The summed E-state index contributed by atoms with van der Waals surface area (Å²) in [7, 11) is 1.61. The molecule has 0 fully saturated rings. The minimum Gasteiger partial charge on any atom is -0.497 e. The molecule has 0 saturated carbocycles. The second-order valence-electron chi connectivity index (χ2n) is 6.62. The van der Waals surface area contributed by atoms with Gasteiger partial charge < -0.3 is 10.1 Å². The van der Waals surface area contributed by atoms with Crippen LogP contribution in [-0.4, -0.2) is 24.6 Å². The zero-order valence-electron chi connectivity index (χ0n) is 16.4. The Labute approximate surface area is 169 Å². The Bertz CT molecular complexity index is 1040. The van der Waals surface area contributed by atoms with Crippen molar-refractivity contribution in [3.63, 3.8) is 0 Å². The van der Waals surface area contributed by atoms with E-state index in [1.54, 1.807) is 20.1 Å². The van der Waals surface area contributed by atoms with Gasteiger partial charge in [-0.25, -0.2) is 5.43 Å². The predicted octanol–water partition coefficient (Wildman–Crippen LogP) is 3.66. The van der Waals surface area contributed by atoms with Gasteiger partial charge in [-0.2, -0.15) is 5.10 Å². The summed E-state index contributed by atoms with van der Waals surface area (Å²) >= 11 is 0. The van der Waals surface area contributed by atoms with Crippen molar-refractivity contribution < 1.29 is 14.3 Å². The van der Waals surface area contributed by atoms with Gasteiger partial charge in [0.1, 0.15) is 5.75 Å². The summed E-state index contributed by atoms with van der Waals surface area (Å²) in [6.45, 7) is 2.12. The van der Waals surface area contributed by atoms with Gasteiger partial charge >= 0.3 is 0 Å². The maximum Gasteiger partial charge on any atom is 0.271 e. The molecule has 0 heterocycles. The third-order valence-corrected chi connectivity index (χ3v) is 4.45. The number of fused-ring (bicyclic) bond motifs is 1. The number of rotatable bonds is 7. The summed E-state index contributed by atoms with van der Waals surface area (Å²) < 4.78 is 5.11. The zero-order chi connectivity index (χ0) is 20.6. The quantitative estimate of drug-likeness (QED) is 0.478. The molecule has 0 radical (unpaired) electrons.